The van der Waals surface area contributed by atoms with Gasteiger partial charge in [0.25, 0.3) is 0 Å². The summed E-state index contributed by atoms with van der Waals surface area (Å²) in [6, 6.07) is -3.41. The highest BCUT2D eigenvalue weighted by Gasteiger charge is 2.53. The Kier molecular flexibility index (Phi) is 2.06. The largest absolute Gasteiger partial charge is 0.458 e. The summed E-state index contributed by atoms with van der Waals surface area (Å²) in [5, 5.41) is -5.34. The number of carbonyl (C=O) groups excluding carboxylic acids is 1. The monoisotopic (exact) mass is 178 g/mol. The first kappa shape index (κ1) is 9.37. The maximum atomic E-state index is 11.5. The van der Waals surface area contributed by atoms with Crippen LogP contribution in [0.5, 0.6) is 0 Å². The van der Waals surface area contributed by atoms with E-state index < -0.39 is 21.4 Å². The minimum Gasteiger partial charge on any atom is -0.280 e. The van der Waals surface area contributed by atoms with Gasteiger partial charge in [-0.05, 0) is 0 Å². The molecule has 0 rings (SSSR count). The van der Waals surface area contributed by atoms with E-state index >= 15 is 0 Å². The first-order valence-corrected chi connectivity index (χ1v) is 3.18. The van der Waals surface area contributed by atoms with E-state index in [9.17, 15) is 21.6 Å². The van der Waals surface area contributed by atoms with Gasteiger partial charge in [0.2, 0.25) is 0 Å². The van der Waals surface area contributed by atoms with Crippen molar-refractivity contribution >= 4 is 16.2 Å². The standard InChI is InChI=1S/C2HF3O4S/c3-1(6)2(4,5)10(7,8)9/h(H,7,8,9). The molecule has 0 amide bonds. The van der Waals surface area contributed by atoms with E-state index in [1.54, 1.807) is 0 Å². The normalized spacial score (nSPS) is 13.2. The van der Waals surface area contributed by atoms with Gasteiger partial charge in [0.15, 0.2) is 0 Å². The van der Waals surface area contributed by atoms with Crippen molar-refractivity contribution < 1.29 is 30.9 Å². The third-order valence-electron chi connectivity index (χ3n) is 0.553. The van der Waals surface area contributed by atoms with E-state index in [0.29, 0.717) is 0 Å². The average Bonchev–Trinajstić information content (AvgIpc) is 1.62. The molecular weight excluding hydrogens is 177 g/mol. The number of hydrogen-bond donors (Lipinski definition) is 1. The molecule has 0 aliphatic rings. The van der Waals surface area contributed by atoms with Crippen LogP contribution in [0.25, 0.3) is 0 Å². The smallest absolute Gasteiger partial charge is 0.280 e. The Morgan fingerprint density at radius 1 is 1.40 bits per heavy atom. The molecule has 0 saturated heterocycles. The zero-order valence-electron chi connectivity index (χ0n) is 4.21. The van der Waals surface area contributed by atoms with E-state index in [1.165, 1.54) is 0 Å². The fourth-order valence-corrected chi connectivity index (χ4v) is 0.304. The Hall–Kier alpha value is -0.630. The summed E-state index contributed by atoms with van der Waals surface area (Å²) in [6.07, 6.45) is 0. The van der Waals surface area contributed by atoms with Crippen molar-refractivity contribution in [2.75, 3.05) is 0 Å². The molecule has 0 bridgehead atoms. The molecule has 0 unspecified atom stereocenters. The molecule has 0 heterocycles. The molecule has 0 radical (unpaired) electrons. The van der Waals surface area contributed by atoms with Crippen molar-refractivity contribution in [2.45, 2.75) is 5.25 Å². The molecular formula is C2HF3O4S. The van der Waals surface area contributed by atoms with Crippen LogP contribution in [0.3, 0.4) is 0 Å². The quantitative estimate of drug-likeness (QED) is 0.475. The lowest BCUT2D eigenvalue weighted by atomic mass is 10.8. The number of carbonyl (C=O) groups is 1. The van der Waals surface area contributed by atoms with E-state index in [4.69, 9.17) is 9.35 Å². The molecule has 0 fully saturated rings. The molecule has 0 aliphatic heterocycles. The van der Waals surface area contributed by atoms with Crippen LogP contribution in [-0.2, 0) is 14.9 Å². The third kappa shape index (κ3) is 1.45. The van der Waals surface area contributed by atoms with Gasteiger partial charge in [0.1, 0.15) is 0 Å². The second-order valence-corrected chi connectivity index (χ2v) is 2.73. The summed E-state index contributed by atoms with van der Waals surface area (Å²) in [5.74, 6) is 0. The molecule has 0 saturated carbocycles. The number of hydrogen-bond acceptors (Lipinski definition) is 3. The highest BCUT2D eigenvalue weighted by atomic mass is 32.2. The van der Waals surface area contributed by atoms with E-state index in [1.807, 2.05) is 0 Å². The molecule has 10 heavy (non-hydrogen) atoms. The van der Waals surface area contributed by atoms with Gasteiger partial charge in [0, 0.05) is 0 Å². The Bertz CT molecular complexity index is 241. The summed E-state index contributed by atoms with van der Waals surface area (Å²) in [5.41, 5.74) is 0. The summed E-state index contributed by atoms with van der Waals surface area (Å²) >= 11 is 0. The number of halogens is 3. The molecule has 0 aliphatic carbocycles. The maximum Gasteiger partial charge on any atom is 0.458 e. The third-order valence-corrected chi connectivity index (χ3v) is 1.36. The second-order valence-electron chi connectivity index (χ2n) is 1.27. The molecule has 0 spiro atoms. The van der Waals surface area contributed by atoms with Crippen molar-refractivity contribution in [1.29, 1.82) is 0 Å². The van der Waals surface area contributed by atoms with Crippen LogP contribution < -0.4 is 0 Å². The Labute approximate surface area is 53.4 Å². The molecule has 0 aromatic rings. The maximum absolute atomic E-state index is 11.5. The summed E-state index contributed by atoms with van der Waals surface area (Å²) < 4.78 is 60.4. The lowest BCUT2D eigenvalue weighted by Crippen LogP contribution is -2.34. The Morgan fingerprint density at radius 2 is 1.70 bits per heavy atom. The first-order chi connectivity index (χ1) is 4.19. The molecule has 0 atom stereocenters. The Morgan fingerprint density at radius 3 is 1.70 bits per heavy atom. The SMILES string of the molecule is O=C(F)C(F)(F)S(=O)(=O)O. The average molecular weight is 178 g/mol. The van der Waals surface area contributed by atoms with Gasteiger partial charge in [-0.25, -0.2) is 0 Å². The number of rotatable bonds is 2. The zero-order valence-corrected chi connectivity index (χ0v) is 5.03. The lowest BCUT2D eigenvalue weighted by molar-refractivity contribution is -0.145. The predicted molar refractivity (Wildman–Crippen MR) is 22.6 cm³/mol. The highest BCUT2D eigenvalue weighted by molar-refractivity contribution is 7.87. The fraction of sp³-hybridized carbons (Fsp3) is 0.500. The fourth-order valence-electron chi connectivity index (χ4n) is 0.101. The first-order valence-electron chi connectivity index (χ1n) is 1.74. The van der Waals surface area contributed by atoms with Crippen LogP contribution in [0.15, 0.2) is 0 Å². The van der Waals surface area contributed by atoms with Crippen LogP contribution in [0.4, 0.5) is 13.2 Å². The van der Waals surface area contributed by atoms with Crippen LogP contribution in [0.1, 0.15) is 0 Å². The summed E-state index contributed by atoms with van der Waals surface area (Å²) in [4.78, 5) is 9.16. The van der Waals surface area contributed by atoms with Crippen LogP contribution in [-0.4, -0.2) is 24.3 Å². The lowest BCUT2D eigenvalue weighted by Gasteiger charge is -2.03. The van der Waals surface area contributed by atoms with Gasteiger partial charge in [-0.3, -0.25) is 9.35 Å². The van der Waals surface area contributed by atoms with Gasteiger partial charge in [0.05, 0.1) is 0 Å². The van der Waals surface area contributed by atoms with Crippen molar-refractivity contribution in [1.82, 2.24) is 0 Å². The van der Waals surface area contributed by atoms with Crippen LogP contribution >= 0.6 is 0 Å². The second kappa shape index (κ2) is 2.20. The predicted octanol–water partition coefficient (Wildman–Crippen LogP) is -0.0369. The van der Waals surface area contributed by atoms with Crippen LogP contribution in [0.2, 0.25) is 0 Å². The zero-order chi connectivity index (χ0) is 8.58. The van der Waals surface area contributed by atoms with Gasteiger partial charge < -0.3 is 0 Å². The van der Waals surface area contributed by atoms with Crippen molar-refractivity contribution in [3.05, 3.63) is 0 Å². The molecule has 0 aromatic carbocycles. The highest BCUT2D eigenvalue weighted by Crippen LogP contribution is 2.21. The van der Waals surface area contributed by atoms with Gasteiger partial charge in [-0.2, -0.15) is 21.6 Å². The van der Waals surface area contributed by atoms with Crippen molar-refractivity contribution in [2.24, 2.45) is 0 Å². The summed E-state index contributed by atoms with van der Waals surface area (Å²) in [7, 11) is -5.96. The molecule has 4 nitrogen and oxygen atoms in total. The molecule has 8 heteroatoms. The van der Waals surface area contributed by atoms with Crippen molar-refractivity contribution in [3.63, 3.8) is 0 Å². The van der Waals surface area contributed by atoms with Gasteiger partial charge in [-0.1, -0.05) is 0 Å². The molecule has 1 N–H and O–H groups in total. The minimum atomic E-state index is -5.96. The number of alkyl halides is 2. The van der Waals surface area contributed by atoms with E-state index in [0.717, 1.165) is 0 Å². The molecule has 0 aromatic heterocycles. The van der Waals surface area contributed by atoms with E-state index in [-0.39, 0.29) is 0 Å². The van der Waals surface area contributed by atoms with Gasteiger partial charge in [-0.15, -0.1) is 0 Å². The van der Waals surface area contributed by atoms with Crippen molar-refractivity contribution in [3.8, 4) is 0 Å². The topological polar surface area (TPSA) is 71.4 Å². The minimum absolute atomic E-state index is 3.41. The van der Waals surface area contributed by atoms with Crippen LogP contribution in [0, 0.1) is 0 Å². The van der Waals surface area contributed by atoms with E-state index in [2.05, 4.69) is 0 Å². The summed E-state index contributed by atoms with van der Waals surface area (Å²) in [6.45, 7) is 0. The molecule has 60 valence electrons. The van der Waals surface area contributed by atoms with Gasteiger partial charge >= 0.3 is 21.4 Å². The Balaban J connectivity index is 4.95.